The highest BCUT2D eigenvalue weighted by atomic mass is 35.5. The van der Waals surface area contributed by atoms with Crippen LogP contribution in [0.3, 0.4) is 0 Å². The molecule has 12 heteroatoms. The van der Waals surface area contributed by atoms with Crippen LogP contribution >= 0.6 is 11.6 Å². The number of hydrogen-bond donors (Lipinski definition) is 1. The van der Waals surface area contributed by atoms with Crippen LogP contribution < -0.4 is 5.32 Å². The van der Waals surface area contributed by atoms with E-state index in [2.05, 4.69) is 5.32 Å². The Morgan fingerprint density at radius 3 is 1.90 bits per heavy atom. The molecule has 4 aromatic rings. The predicted octanol–water partition coefficient (Wildman–Crippen LogP) is 7.89. The molecule has 0 fully saturated rings. The highest BCUT2D eigenvalue weighted by molar-refractivity contribution is 6.34. The minimum Gasteiger partial charge on any atom is -0.465 e. The summed E-state index contributed by atoms with van der Waals surface area (Å²) in [5.74, 6) is -3.10. The van der Waals surface area contributed by atoms with Crippen LogP contribution in [0, 0.1) is 0 Å². The smallest absolute Gasteiger partial charge is 0.416 e. The number of esters is 3. The highest BCUT2D eigenvalue weighted by Crippen LogP contribution is 2.34. The Labute approximate surface area is 279 Å². The molecule has 8 nitrogen and oxygen atoms in total. The van der Waals surface area contributed by atoms with Crippen LogP contribution in [0.1, 0.15) is 52.1 Å². The molecular weight excluding hydrogens is 651 g/mol. The zero-order valence-corrected chi connectivity index (χ0v) is 26.7. The molecule has 0 atom stereocenters. The quantitative estimate of drug-likeness (QED) is 0.0921. The van der Waals surface area contributed by atoms with Crippen molar-refractivity contribution < 1.29 is 46.6 Å². The van der Waals surface area contributed by atoms with Crippen molar-refractivity contribution in [1.29, 1.82) is 0 Å². The van der Waals surface area contributed by atoms with Gasteiger partial charge in [0.2, 0.25) is 0 Å². The zero-order chi connectivity index (χ0) is 34.9. The van der Waals surface area contributed by atoms with Crippen LogP contribution in [-0.4, -0.2) is 43.6 Å². The molecular formula is C36H31ClF3NO7. The number of halogens is 4. The average Bonchev–Trinajstić information content (AvgIpc) is 3.07. The Morgan fingerprint density at radius 1 is 0.708 bits per heavy atom. The minimum atomic E-state index is -4.49. The minimum absolute atomic E-state index is 0.00570. The summed E-state index contributed by atoms with van der Waals surface area (Å²) in [6, 6.07) is 23.2. The second kappa shape index (κ2) is 15.6. The first-order valence-corrected chi connectivity index (χ1v) is 15.2. The van der Waals surface area contributed by atoms with Gasteiger partial charge in [0.15, 0.2) is 5.41 Å². The fourth-order valence-electron chi connectivity index (χ4n) is 5.00. The summed E-state index contributed by atoms with van der Waals surface area (Å²) in [6.45, 7) is 2.84. The maximum atomic E-state index is 13.2. The molecule has 4 aromatic carbocycles. The van der Waals surface area contributed by atoms with E-state index in [4.69, 9.17) is 25.8 Å². The fraction of sp³-hybridized carbons (Fsp3) is 0.222. The van der Waals surface area contributed by atoms with E-state index in [0.29, 0.717) is 16.7 Å². The van der Waals surface area contributed by atoms with Gasteiger partial charge in [0.05, 0.1) is 36.0 Å². The van der Waals surface area contributed by atoms with E-state index < -0.39 is 41.0 Å². The van der Waals surface area contributed by atoms with Crippen molar-refractivity contribution in [3.63, 3.8) is 0 Å². The predicted molar refractivity (Wildman–Crippen MR) is 173 cm³/mol. The molecule has 250 valence electrons. The lowest BCUT2D eigenvalue weighted by molar-refractivity contribution is -0.166. The largest absolute Gasteiger partial charge is 0.465 e. The summed E-state index contributed by atoms with van der Waals surface area (Å²) in [5.41, 5.74) is -1.18. The van der Waals surface area contributed by atoms with Crippen molar-refractivity contribution in [1.82, 2.24) is 0 Å². The van der Waals surface area contributed by atoms with Crippen molar-refractivity contribution in [3.05, 3.63) is 124 Å². The Hall–Kier alpha value is -5.16. The standard InChI is InChI=1S/C36H31ClF3NO7/c1-3-46-33(44)35(34(45)47-4-2,24-10-6-5-7-11-24)20-21-48-32(43)29-19-18-26(22-30(29)37)41-31(42)28-13-9-8-12-27(28)23-14-16-25(17-15-23)36(38,39)40/h5-19,22H,3-4,20-21H2,1-2H3,(H,41,42). The van der Waals surface area contributed by atoms with Crippen molar-refractivity contribution in [3.8, 4) is 11.1 Å². The molecule has 0 saturated carbocycles. The first-order valence-electron chi connectivity index (χ1n) is 14.9. The van der Waals surface area contributed by atoms with Crippen LogP contribution in [0.5, 0.6) is 0 Å². The van der Waals surface area contributed by atoms with E-state index in [1.807, 2.05) is 0 Å². The number of alkyl halides is 3. The number of carbonyl (C=O) groups excluding carboxylic acids is 4. The van der Waals surface area contributed by atoms with Crippen molar-refractivity contribution in [2.24, 2.45) is 0 Å². The molecule has 0 unspecified atom stereocenters. The summed E-state index contributed by atoms with van der Waals surface area (Å²) >= 11 is 6.39. The average molecular weight is 682 g/mol. The van der Waals surface area contributed by atoms with Gasteiger partial charge in [-0.05, 0) is 66.9 Å². The van der Waals surface area contributed by atoms with E-state index in [9.17, 15) is 32.3 Å². The third kappa shape index (κ3) is 8.03. The lowest BCUT2D eigenvalue weighted by atomic mass is 9.77. The molecule has 0 aliphatic rings. The van der Waals surface area contributed by atoms with Gasteiger partial charge in [-0.1, -0.05) is 72.3 Å². The number of rotatable bonds is 12. The highest BCUT2D eigenvalue weighted by Gasteiger charge is 2.50. The molecule has 1 amide bonds. The van der Waals surface area contributed by atoms with E-state index in [1.165, 1.54) is 36.4 Å². The van der Waals surface area contributed by atoms with Gasteiger partial charge >= 0.3 is 24.1 Å². The van der Waals surface area contributed by atoms with Gasteiger partial charge in [-0.2, -0.15) is 13.2 Å². The number of amides is 1. The maximum Gasteiger partial charge on any atom is 0.416 e. The maximum absolute atomic E-state index is 13.2. The number of ether oxygens (including phenoxy) is 3. The lowest BCUT2D eigenvalue weighted by Gasteiger charge is -2.29. The van der Waals surface area contributed by atoms with Crippen molar-refractivity contribution >= 4 is 41.1 Å². The molecule has 48 heavy (non-hydrogen) atoms. The number of benzene rings is 4. The molecule has 0 saturated heterocycles. The molecule has 0 radical (unpaired) electrons. The summed E-state index contributed by atoms with van der Waals surface area (Å²) in [4.78, 5) is 52.6. The topological polar surface area (TPSA) is 108 Å². The first kappa shape index (κ1) is 35.7. The second-order valence-electron chi connectivity index (χ2n) is 10.4. The Kier molecular flexibility index (Phi) is 11.6. The van der Waals surface area contributed by atoms with E-state index in [1.54, 1.807) is 62.4 Å². The van der Waals surface area contributed by atoms with E-state index >= 15 is 0 Å². The number of hydrogen-bond acceptors (Lipinski definition) is 7. The van der Waals surface area contributed by atoms with Crippen molar-refractivity contribution in [2.75, 3.05) is 25.1 Å². The van der Waals surface area contributed by atoms with Gasteiger partial charge in [-0.25, -0.2) is 4.79 Å². The molecule has 0 bridgehead atoms. The summed E-state index contributed by atoms with van der Waals surface area (Å²) < 4.78 is 55.0. The van der Waals surface area contributed by atoms with Gasteiger partial charge in [-0.15, -0.1) is 0 Å². The molecule has 1 N–H and O–H groups in total. The number of carbonyl (C=O) groups is 4. The van der Waals surface area contributed by atoms with Gasteiger partial charge in [0, 0.05) is 17.7 Å². The lowest BCUT2D eigenvalue weighted by Crippen LogP contribution is -2.47. The Bertz CT molecular complexity index is 1760. The normalized spacial score (nSPS) is 11.4. The third-order valence-corrected chi connectivity index (χ3v) is 7.68. The summed E-state index contributed by atoms with van der Waals surface area (Å²) in [6.07, 6.45) is -4.77. The number of anilines is 1. The molecule has 0 aliphatic heterocycles. The summed E-state index contributed by atoms with van der Waals surface area (Å²) in [5, 5.41) is 2.63. The molecule has 4 rings (SSSR count). The van der Waals surface area contributed by atoms with E-state index in [-0.39, 0.29) is 48.1 Å². The van der Waals surface area contributed by atoms with Gasteiger partial charge in [-0.3, -0.25) is 14.4 Å². The van der Waals surface area contributed by atoms with Crippen LogP contribution in [0.2, 0.25) is 5.02 Å². The van der Waals surface area contributed by atoms with Crippen molar-refractivity contribution in [2.45, 2.75) is 31.9 Å². The van der Waals surface area contributed by atoms with Gasteiger partial charge in [0.1, 0.15) is 0 Å². The Balaban J connectivity index is 1.49. The first-order chi connectivity index (χ1) is 22.9. The van der Waals surface area contributed by atoms with Crippen LogP contribution in [0.4, 0.5) is 18.9 Å². The zero-order valence-electron chi connectivity index (χ0n) is 25.9. The van der Waals surface area contributed by atoms with Crippen LogP contribution in [-0.2, 0) is 35.4 Å². The van der Waals surface area contributed by atoms with E-state index in [0.717, 1.165) is 12.1 Å². The molecule has 0 spiro atoms. The molecule has 0 heterocycles. The van der Waals surface area contributed by atoms with Gasteiger partial charge < -0.3 is 19.5 Å². The Morgan fingerprint density at radius 2 is 1.31 bits per heavy atom. The van der Waals surface area contributed by atoms with Gasteiger partial charge in [0.25, 0.3) is 5.91 Å². The molecule has 0 aliphatic carbocycles. The second-order valence-corrected chi connectivity index (χ2v) is 10.8. The summed E-state index contributed by atoms with van der Waals surface area (Å²) in [7, 11) is 0. The van der Waals surface area contributed by atoms with Crippen LogP contribution in [0.15, 0.2) is 97.1 Å². The third-order valence-electron chi connectivity index (χ3n) is 7.37. The monoisotopic (exact) mass is 681 g/mol. The number of nitrogens with one attached hydrogen (secondary N) is 1. The SMILES string of the molecule is CCOC(=O)C(CCOC(=O)c1ccc(NC(=O)c2ccccc2-c2ccc(C(F)(F)F)cc2)cc1Cl)(C(=O)OCC)c1ccccc1. The molecule has 0 aromatic heterocycles. The van der Waals surface area contributed by atoms with Crippen LogP contribution in [0.25, 0.3) is 11.1 Å². The fourth-order valence-corrected chi connectivity index (χ4v) is 5.26.